The van der Waals surface area contributed by atoms with Crippen LogP contribution in [0.5, 0.6) is 11.5 Å². The number of hydrogen-bond acceptors (Lipinski definition) is 4. The minimum Gasteiger partial charge on any atom is -0.493 e. The lowest BCUT2D eigenvalue weighted by Crippen LogP contribution is -2.32. The first-order valence-corrected chi connectivity index (χ1v) is 7.87. The van der Waals surface area contributed by atoms with Gasteiger partial charge in [0.05, 0.1) is 14.2 Å². The van der Waals surface area contributed by atoms with Crippen molar-refractivity contribution < 1.29 is 9.47 Å². The first-order chi connectivity index (χ1) is 10.3. The molecule has 126 valence electrons. The summed E-state index contributed by atoms with van der Waals surface area (Å²) in [4.78, 5) is 2.23. The quantitative estimate of drug-likeness (QED) is 0.747. The molecule has 0 aliphatic heterocycles. The predicted octanol–water partition coefficient (Wildman–Crippen LogP) is 3.33. The SMILES string of the molecule is COc1ccc(C(CNCCC(C)(C)C)N(C)C)cc1OC. The highest BCUT2D eigenvalue weighted by Gasteiger charge is 2.17. The second-order valence-corrected chi connectivity index (χ2v) is 7.11. The van der Waals surface area contributed by atoms with E-state index >= 15 is 0 Å². The molecule has 0 fully saturated rings. The fraction of sp³-hybridized carbons (Fsp3) is 0.667. The Kier molecular flexibility index (Phi) is 7.17. The molecule has 1 aromatic rings. The van der Waals surface area contributed by atoms with Crippen LogP contribution in [0, 0.1) is 5.41 Å². The molecule has 0 aliphatic carbocycles. The van der Waals surface area contributed by atoms with E-state index in [2.05, 4.69) is 57.2 Å². The number of likely N-dealkylation sites (N-methyl/N-ethyl adjacent to an activating group) is 1. The number of hydrogen-bond donors (Lipinski definition) is 1. The van der Waals surface area contributed by atoms with Gasteiger partial charge in [-0.3, -0.25) is 0 Å². The van der Waals surface area contributed by atoms with Gasteiger partial charge in [-0.2, -0.15) is 0 Å². The molecule has 1 rings (SSSR count). The van der Waals surface area contributed by atoms with Gasteiger partial charge in [0.2, 0.25) is 0 Å². The molecule has 4 heteroatoms. The van der Waals surface area contributed by atoms with E-state index in [0.29, 0.717) is 11.5 Å². The van der Waals surface area contributed by atoms with E-state index in [0.717, 1.165) is 24.6 Å². The summed E-state index contributed by atoms with van der Waals surface area (Å²) < 4.78 is 10.7. The van der Waals surface area contributed by atoms with Crippen molar-refractivity contribution in [3.8, 4) is 11.5 Å². The van der Waals surface area contributed by atoms with Crippen molar-refractivity contribution in [1.29, 1.82) is 0 Å². The Hall–Kier alpha value is -1.26. The van der Waals surface area contributed by atoms with Crippen LogP contribution in [0.2, 0.25) is 0 Å². The Labute approximate surface area is 135 Å². The van der Waals surface area contributed by atoms with Crippen LogP contribution in [0.1, 0.15) is 38.8 Å². The van der Waals surface area contributed by atoms with Crippen molar-refractivity contribution in [3.63, 3.8) is 0 Å². The van der Waals surface area contributed by atoms with Crippen LogP contribution in [-0.2, 0) is 0 Å². The maximum absolute atomic E-state index is 5.41. The van der Waals surface area contributed by atoms with E-state index in [1.165, 1.54) is 12.0 Å². The standard InChI is InChI=1S/C18H32N2O2/c1-18(2,3)10-11-19-13-15(20(4)5)14-8-9-16(21-6)17(12-14)22-7/h8-9,12,15,19H,10-11,13H2,1-7H3. The Morgan fingerprint density at radius 1 is 1.09 bits per heavy atom. The lowest BCUT2D eigenvalue weighted by atomic mass is 9.92. The van der Waals surface area contributed by atoms with E-state index in [1.54, 1.807) is 14.2 Å². The Bertz CT molecular complexity index is 453. The van der Waals surface area contributed by atoms with Crippen molar-refractivity contribution >= 4 is 0 Å². The predicted molar refractivity (Wildman–Crippen MR) is 92.9 cm³/mol. The van der Waals surface area contributed by atoms with Crippen LogP contribution in [0.3, 0.4) is 0 Å². The second-order valence-electron chi connectivity index (χ2n) is 7.11. The molecule has 0 aromatic heterocycles. The minimum atomic E-state index is 0.305. The van der Waals surface area contributed by atoms with Gasteiger partial charge in [0.25, 0.3) is 0 Å². The molecule has 0 saturated heterocycles. The van der Waals surface area contributed by atoms with Gasteiger partial charge >= 0.3 is 0 Å². The maximum atomic E-state index is 5.41. The second kappa shape index (κ2) is 8.39. The van der Waals surface area contributed by atoms with Gasteiger partial charge in [-0.1, -0.05) is 26.8 Å². The molecule has 0 amide bonds. The smallest absolute Gasteiger partial charge is 0.161 e. The highest BCUT2D eigenvalue weighted by Crippen LogP contribution is 2.31. The molecule has 1 atom stereocenters. The molecular weight excluding hydrogens is 276 g/mol. The summed E-state index contributed by atoms with van der Waals surface area (Å²) in [5.41, 5.74) is 1.59. The zero-order valence-electron chi connectivity index (χ0n) is 15.2. The monoisotopic (exact) mass is 308 g/mol. The van der Waals surface area contributed by atoms with Crippen molar-refractivity contribution in [3.05, 3.63) is 23.8 Å². The van der Waals surface area contributed by atoms with Gasteiger partial charge in [-0.05, 0) is 50.2 Å². The van der Waals surface area contributed by atoms with Gasteiger partial charge in [0.1, 0.15) is 0 Å². The van der Waals surface area contributed by atoms with Crippen LogP contribution in [0.4, 0.5) is 0 Å². The average molecular weight is 308 g/mol. The molecular formula is C18H32N2O2. The van der Waals surface area contributed by atoms with Gasteiger partial charge in [0.15, 0.2) is 11.5 Å². The van der Waals surface area contributed by atoms with Gasteiger partial charge < -0.3 is 19.7 Å². The van der Waals surface area contributed by atoms with Crippen LogP contribution in [0.15, 0.2) is 18.2 Å². The normalized spacial score (nSPS) is 13.3. The number of ether oxygens (including phenoxy) is 2. The molecule has 1 N–H and O–H groups in total. The van der Waals surface area contributed by atoms with Gasteiger partial charge in [0, 0.05) is 12.6 Å². The molecule has 0 radical (unpaired) electrons. The zero-order chi connectivity index (χ0) is 16.8. The molecule has 0 bridgehead atoms. The van der Waals surface area contributed by atoms with E-state index in [9.17, 15) is 0 Å². The van der Waals surface area contributed by atoms with E-state index in [-0.39, 0.29) is 0 Å². The first-order valence-electron chi connectivity index (χ1n) is 7.87. The molecule has 0 heterocycles. The fourth-order valence-corrected chi connectivity index (χ4v) is 2.36. The maximum Gasteiger partial charge on any atom is 0.161 e. The van der Waals surface area contributed by atoms with Crippen LogP contribution in [-0.4, -0.2) is 46.3 Å². The average Bonchev–Trinajstić information content (AvgIpc) is 2.45. The van der Waals surface area contributed by atoms with Gasteiger partial charge in [-0.25, -0.2) is 0 Å². The summed E-state index contributed by atoms with van der Waals surface area (Å²) in [6.07, 6.45) is 1.17. The van der Waals surface area contributed by atoms with E-state index < -0.39 is 0 Å². The summed E-state index contributed by atoms with van der Waals surface area (Å²) in [6, 6.07) is 6.45. The third-order valence-electron chi connectivity index (χ3n) is 3.81. The lowest BCUT2D eigenvalue weighted by molar-refractivity contribution is 0.279. The number of rotatable bonds is 8. The van der Waals surface area contributed by atoms with Crippen LogP contribution < -0.4 is 14.8 Å². The van der Waals surface area contributed by atoms with Crippen molar-refractivity contribution in [1.82, 2.24) is 10.2 Å². The molecule has 0 spiro atoms. The molecule has 1 aromatic carbocycles. The number of methoxy groups -OCH3 is 2. The Balaban J connectivity index is 2.74. The van der Waals surface area contributed by atoms with Crippen LogP contribution in [0.25, 0.3) is 0 Å². The Morgan fingerprint density at radius 2 is 1.73 bits per heavy atom. The van der Waals surface area contributed by atoms with Crippen molar-refractivity contribution in [2.75, 3.05) is 41.4 Å². The summed E-state index contributed by atoms with van der Waals surface area (Å²) in [6.45, 7) is 8.75. The molecule has 4 nitrogen and oxygen atoms in total. The summed E-state index contributed by atoms with van der Waals surface area (Å²) in [5, 5.41) is 3.57. The number of nitrogens with one attached hydrogen (secondary N) is 1. The van der Waals surface area contributed by atoms with E-state index in [1.807, 2.05) is 6.07 Å². The molecule has 1 unspecified atom stereocenters. The zero-order valence-corrected chi connectivity index (χ0v) is 15.2. The van der Waals surface area contributed by atoms with Crippen molar-refractivity contribution in [2.45, 2.75) is 33.2 Å². The van der Waals surface area contributed by atoms with Gasteiger partial charge in [-0.15, -0.1) is 0 Å². The summed E-state index contributed by atoms with van der Waals surface area (Å²) >= 11 is 0. The van der Waals surface area contributed by atoms with E-state index in [4.69, 9.17) is 9.47 Å². The number of nitrogens with zero attached hydrogens (tertiary/aromatic N) is 1. The third kappa shape index (κ3) is 5.85. The largest absolute Gasteiger partial charge is 0.493 e. The first kappa shape index (κ1) is 18.8. The minimum absolute atomic E-state index is 0.305. The highest BCUT2D eigenvalue weighted by molar-refractivity contribution is 5.43. The van der Waals surface area contributed by atoms with Crippen molar-refractivity contribution in [2.24, 2.45) is 5.41 Å². The topological polar surface area (TPSA) is 33.7 Å². The summed E-state index contributed by atoms with van der Waals surface area (Å²) in [7, 11) is 7.54. The molecule has 0 aliphatic rings. The lowest BCUT2D eigenvalue weighted by Gasteiger charge is -2.27. The third-order valence-corrected chi connectivity index (χ3v) is 3.81. The molecule has 0 saturated carbocycles. The fourth-order valence-electron chi connectivity index (χ4n) is 2.36. The Morgan fingerprint density at radius 3 is 2.23 bits per heavy atom. The highest BCUT2D eigenvalue weighted by atomic mass is 16.5. The summed E-state index contributed by atoms with van der Waals surface area (Å²) in [5.74, 6) is 1.55. The number of benzene rings is 1. The van der Waals surface area contributed by atoms with Crippen LogP contribution >= 0.6 is 0 Å². The molecule has 22 heavy (non-hydrogen) atoms.